The molecule has 1 rings (SSSR count). The Morgan fingerprint density at radius 1 is 0.500 bits per heavy atom. The number of rotatable bonds is 0. The van der Waals surface area contributed by atoms with E-state index < -0.39 is 0 Å². The summed E-state index contributed by atoms with van der Waals surface area (Å²) in [6, 6.07) is 0. The van der Waals surface area contributed by atoms with Crippen LogP contribution >= 0.6 is 0 Å². The van der Waals surface area contributed by atoms with Gasteiger partial charge in [0.1, 0.15) is 0 Å². The van der Waals surface area contributed by atoms with Gasteiger partial charge in [-0.2, -0.15) is 0 Å². The molecule has 0 heterocycles. The van der Waals surface area contributed by atoms with Crippen LogP contribution in [0.3, 0.4) is 0 Å². The van der Waals surface area contributed by atoms with Crippen LogP contribution in [0.1, 0.15) is 32.1 Å². The van der Waals surface area contributed by atoms with E-state index in [1.165, 1.54) is 12.8 Å². The number of hydrogen-bond donors (Lipinski definition) is 0. The van der Waals surface area contributed by atoms with E-state index in [1.807, 2.05) is 0 Å². The van der Waals surface area contributed by atoms with Crippen molar-refractivity contribution in [3.05, 3.63) is 42.9 Å². The summed E-state index contributed by atoms with van der Waals surface area (Å²) >= 11 is 0. The van der Waals surface area contributed by atoms with Crippen molar-refractivity contribution in [3.63, 3.8) is 0 Å². The summed E-state index contributed by atoms with van der Waals surface area (Å²) in [6.07, 6.45) is 21.5. The van der Waals surface area contributed by atoms with Crippen molar-refractivity contribution in [2.24, 2.45) is 0 Å². The fraction of sp³-hybridized carbons (Fsp3) is 0.417. The zero-order valence-electron chi connectivity index (χ0n) is 7.58. The van der Waals surface area contributed by atoms with Gasteiger partial charge in [-0.25, -0.2) is 0 Å². The monoisotopic (exact) mass is 161 g/mol. The van der Waals surface area contributed by atoms with E-state index in [0.717, 1.165) is 19.3 Å². The van der Waals surface area contributed by atoms with E-state index in [0.29, 0.717) is 0 Å². The van der Waals surface area contributed by atoms with E-state index in [1.54, 1.807) is 0 Å². The third-order valence-corrected chi connectivity index (χ3v) is 1.88. The smallest absolute Gasteiger partial charge is 0.0169 e. The standard InChI is InChI=1S/C12H17/c1-2-4-6-8-10-12-11-9-7-5-3-1/h1-2,5-8,11H,3-4,9-10,12H2/b2-1+,7-5+,8-6-. The first kappa shape index (κ1) is 9.31. The second-order valence-corrected chi connectivity index (χ2v) is 2.99. The zero-order chi connectivity index (χ0) is 8.49. The van der Waals surface area contributed by atoms with E-state index in [4.69, 9.17) is 0 Å². The van der Waals surface area contributed by atoms with Gasteiger partial charge in [-0.15, -0.1) is 0 Å². The molecule has 0 aromatic heterocycles. The summed E-state index contributed by atoms with van der Waals surface area (Å²) in [4.78, 5) is 0. The lowest BCUT2D eigenvalue weighted by atomic mass is 10.1. The second-order valence-electron chi connectivity index (χ2n) is 2.99. The van der Waals surface area contributed by atoms with Gasteiger partial charge in [0, 0.05) is 0 Å². The summed E-state index contributed by atoms with van der Waals surface area (Å²) in [5.74, 6) is 0. The molecule has 1 aliphatic carbocycles. The van der Waals surface area contributed by atoms with Crippen molar-refractivity contribution in [3.8, 4) is 0 Å². The summed E-state index contributed by atoms with van der Waals surface area (Å²) < 4.78 is 0. The van der Waals surface area contributed by atoms with Crippen LogP contribution in [0, 0.1) is 6.42 Å². The first-order valence-electron chi connectivity index (χ1n) is 4.77. The highest BCUT2D eigenvalue weighted by Gasteiger charge is 1.84. The van der Waals surface area contributed by atoms with E-state index in [2.05, 4.69) is 42.9 Å². The molecular formula is C12H17. The fourth-order valence-electron chi connectivity index (χ4n) is 1.18. The molecule has 0 N–H and O–H groups in total. The number of allylic oxidation sites excluding steroid dienone is 6. The molecule has 0 fully saturated rings. The first-order chi connectivity index (χ1) is 6.00. The van der Waals surface area contributed by atoms with Crippen molar-refractivity contribution in [2.45, 2.75) is 32.1 Å². The predicted octanol–water partition coefficient (Wildman–Crippen LogP) is 3.82. The first-order valence-corrected chi connectivity index (χ1v) is 4.77. The van der Waals surface area contributed by atoms with Gasteiger partial charge in [-0.05, 0) is 38.5 Å². The molecule has 0 unspecified atom stereocenters. The quantitative estimate of drug-likeness (QED) is 0.474. The highest BCUT2D eigenvalue weighted by molar-refractivity contribution is 4.99. The second kappa shape index (κ2) is 6.90. The van der Waals surface area contributed by atoms with Crippen molar-refractivity contribution < 1.29 is 0 Å². The largest absolute Gasteiger partial charge is 0.0882 e. The third kappa shape index (κ3) is 4.95. The lowest BCUT2D eigenvalue weighted by Gasteiger charge is -1.93. The molecule has 0 nitrogen and oxygen atoms in total. The Morgan fingerprint density at radius 2 is 1.08 bits per heavy atom. The van der Waals surface area contributed by atoms with E-state index in [9.17, 15) is 0 Å². The Morgan fingerprint density at radius 3 is 1.83 bits per heavy atom. The molecule has 0 saturated carbocycles. The molecule has 0 saturated heterocycles. The highest BCUT2D eigenvalue weighted by atomic mass is 13.9. The van der Waals surface area contributed by atoms with Gasteiger partial charge < -0.3 is 0 Å². The topological polar surface area (TPSA) is 0 Å². The van der Waals surface area contributed by atoms with Gasteiger partial charge >= 0.3 is 0 Å². The molecule has 0 aliphatic heterocycles. The molecule has 0 amide bonds. The molecule has 12 heavy (non-hydrogen) atoms. The Hall–Kier alpha value is -0.780. The van der Waals surface area contributed by atoms with Crippen molar-refractivity contribution in [1.29, 1.82) is 0 Å². The third-order valence-electron chi connectivity index (χ3n) is 1.88. The molecule has 1 aliphatic rings. The molecule has 0 spiro atoms. The Labute approximate surface area is 75.7 Å². The molecule has 0 aromatic carbocycles. The minimum atomic E-state index is 1.08. The summed E-state index contributed by atoms with van der Waals surface area (Å²) in [7, 11) is 0. The van der Waals surface area contributed by atoms with Crippen LogP contribution in [-0.4, -0.2) is 0 Å². The van der Waals surface area contributed by atoms with Crippen molar-refractivity contribution in [1.82, 2.24) is 0 Å². The van der Waals surface area contributed by atoms with Gasteiger partial charge in [0.2, 0.25) is 0 Å². The minimum absolute atomic E-state index is 1.08. The molecule has 0 bridgehead atoms. The van der Waals surface area contributed by atoms with Crippen LogP contribution in [0.15, 0.2) is 36.5 Å². The van der Waals surface area contributed by atoms with Crippen molar-refractivity contribution >= 4 is 0 Å². The number of hydrogen-bond acceptors (Lipinski definition) is 0. The normalized spacial score (nSPS) is 28.0. The lowest BCUT2D eigenvalue weighted by molar-refractivity contribution is 0.928. The Balaban J connectivity index is 2.31. The maximum Gasteiger partial charge on any atom is -0.0169 e. The molecule has 0 heteroatoms. The van der Waals surface area contributed by atoms with Crippen LogP contribution in [0.2, 0.25) is 0 Å². The minimum Gasteiger partial charge on any atom is -0.0882 e. The molecule has 65 valence electrons. The van der Waals surface area contributed by atoms with Gasteiger partial charge in [0.15, 0.2) is 0 Å². The van der Waals surface area contributed by atoms with Crippen LogP contribution in [0.5, 0.6) is 0 Å². The van der Waals surface area contributed by atoms with Gasteiger partial charge in [-0.3, -0.25) is 0 Å². The van der Waals surface area contributed by atoms with Crippen LogP contribution in [0.25, 0.3) is 0 Å². The van der Waals surface area contributed by atoms with Gasteiger partial charge in [0.05, 0.1) is 0 Å². The maximum absolute atomic E-state index is 2.34. The van der Waals surface area contributed by atoms with Gasteiger partial charge in [-0.1, -0.05) is 36.5 Å². The highest BCUT2D eigenvalue weighted by Crippen LogP contribution is 2.03. The van der Waals surface area contributed by atoms with Gasteiger partial charge in [0.25, 0.3) is 0 Å². The Bertz CT molecular complexity index is 152. The van der Waals surface area contributed by atoms with E-state index >= 15 is 0 Å². The molecule has 1 radical (unpaired) electrons. The molecule has 0 atom stereocenters. The predicted molar refractivity (Wildman–Crippen MR) is 54.8 cm³/mol. The average molecular weight is 161 g/mol. The summed E-state index contributed by atoms with van der Waals surface area (Å²) in [5.41, 5.74) is 0. The SMILES string of the molecule is [CH]1C/C=C/C/C=C/C/C=C\CC1. The van der Waals surface area contributed by atoms with Crippen LogP contribution in [-0.2, 0) is 0 Å². The van der Waals surface area contributed by atoms with Crippen molar-refractivity contribution in [2.75, 3.05) is 0 Å². The zero-order valence-corrected chi connectivity index (χ0v) is 7.58. The van der Waals surface area contributed by atoms with Crippen LogP contribution in [0.4, 0.5) is 0 Å². The summed E-state index contributed by atoms with van der Waals surface area (Å²) in [5, 5.41) is 0. The maximum atomic E-state index is 2.34. The fourth-order valence-corrected chi connectivity index (χ4v) is 1.18. The average Bonchev–Trinajstić information content (AvgIpc) is 2.05. The summed E-state index contributed by atoms with van der Waals surface area (Å²) in [6.45, 7) is 0. The molecular weight excluding hydrogens is 144 g/mol. The Kier molecular flexibility index (Phi) is 5.35. The molecule has 0 aromatic rings. The van der Waals surface area contributed by atoms with E-state index in [-0.39, 0.29) is 0 Å². The lowest BCUT2D eigenvalue weighted by Crippen LogP contribution is -1.75. The van der Waals surface area contributed by atoms with Crippen LogP contribution < -0.4 is 0 Å².